The van der Waals surface area contributed by atoms with Crippen molar-refractivity contribution in [2.75, 3.05) is 11.5 Å². The monoisotopic (exact) mass is 454 g/mol. The van der Waals surface area contributed by atoms with Gasteiger partial charge in [0.1, 0.15) is 0 Å². The van der Waals surface area contributed by atoms with E-state index in [-0.39, 0.29) is 0 Å². The second kappa shape index (κ2) is 9.47. The van der Waals surface area contributed by atoms with E-state index in [1.807, 2.05) is 0 Å². The minimum atomic E-state index is 0.440. The van der Waals surface area contributed by atoms with Gasteiger partial charge in [0.05, 0.1) is 24.4 Å². The standard InChI is InChI=1S/C14H24OS.C12H22OS/c1-3-11-10-9-16-14(7-5-6-8-14)13(10)12(4-2)15-11;1-5-9-8-7-14-12(3,4)11(8)10(6-2)13-9/h10-13H,3-9H2,1-2H3;8-11H,5-7H2,1-4H3. The van der Waals surface area contributed by atoms with Crippen LogP contribution in [0.15, 0.2) is 0 Å². The lowest BCUT2D eigenvalue weighted by molar-refractivity contribution is 0.0219. The molecule has 0 bridgehead atoms. The minimum Gasteiger partial charge on any atom is -0.374 e. The van der Waals surface area contributed by atoms with Crippen molar-refractivity contribution >= 4 is 23.5 Å². The van der Waals surface area contributed by atoms with E-state index in [0.29, 0.717) is 33.9 Å². The van der Waals surface area contributed by atoms with E-state index < -0.39 is 0 Å². The lowest BCUT2D eigenvalue weighted by atomic mass is 9.76. The Bertz CT molecular complexity index is 573. The minimum absolute atomic E-state index is 0.440. The Morgan fingerprint density at radius 1 is 0.667 bits per heavy atom. The molecule has 0 radical (unpaired) electrons. The summed E-state index contributed by atoms with van der Waals surface area (Å²) < 4.78 is 13.5. The fourth-order valence-electron chi connectivity index (χ4n) is 7.66. The quantitative estimate of drug-likeness (QED) is 0.447. The average molecular weight is 455 g/mol. The second-order valence-corrected chi connectivity index (χ2v) is 14.0. The van der Waals surface area contributed by atoms with Gasteiger partial charge in [-0.1, -0.05) is 54.4 Å². The lowest BCUT2D eigenvalue weighted by Gasteiger charge is -2.32. The summed E-state index contributed by atoms with van der Waals surface area (Å²) in [4.78, 5) is 0. The molecule has 4 aliphatic heterocycles. The highest BCUT2D eigenvalue weighted by atomic mass is 32.2. The van der Waals surface area contributed by atoms with E-state index in [2.05, 4.69) is 65.1 Å². The predicted octanol–water partition coefficient (Wildman–Crippen LogP) is 7.20. The Labute approximate surface area is 194 Å². The molecule has 5 rings (SSSR count). The number of rotatable bonds is 4. The number of thioether (sulfide) groups is 2. The van der Waals surface area contributed by atoms with E-state index >= 15 is 0 Å². The van der Waals surface area contributed by atoms with Crippen molar-refractivity contribution < 1.29 is 9.47 Å². The number of ether oxygens (including phenoxy) is 2. The predicted molar refractivity (Wildman–Crippen MR) is 133 cm³/mol. The highest BCUT2D eigenvalue weighted by molar-refractivity contribution is 8.01. The second-order valence-electron chi connectivity index (χ2n) is 10.9. The van der Waals surface area contributed by atoms with Crippen LogP contribution in [0.25, 0.3) is 0 Å². The Kier molecular flexibility index (Phi) is 7.50. The fraction of sp³-hybridized carbons (Fsp3) is 1.00. The molecule has 0 amide bonds. The first-order valence-corrected chi connectivity index (χ1v) is 15.0. The van der Waals surface area contributed by atoms with Crippen LogP contribution in [0, 0.1) is 23.7 Å². The maximum absolute atomic E-state index is 6.30. The van der Waals surface area contributed by atoms with Crippen LogP contribution in [0.2, 0.25) is 0 Å². The van der Waals surface area contributed by atoms with Gasteiger partial charge in [0.25, 0.3) is 0 Å². The van der Waals surface area contributed by atoms with Gasteiger partial charge in [-0.2, -0.15) is 23.5 Å². The SMILES string of the molecule is CCC1OC(CC)C2C1CSC2(C)C.CCC1OC(CC)C2C1CSC21CCCC1. The lowest BCUT2D eigenvalue weighted by Crippen LogP contribution is -2.35. The van der Waals surface area contributed by atoms with Gasteiger partial charge in [0.2, 0.25) is 0 Å². The zero-order valence-electron chi connectivity index (χ0n) is 20.3. The van der Waals surface area contributed by atoms with Gasteiger partial charge >= 0.3 is 0 Å². The zero-order chi connectivity index (χ0) is 21.5. The van der Waals surface area contributed by atoms with Gasteiger partial charge in [0.15, 0.2) is 0 Å². The van der Waals surface area contributed by atoms with Crippen molar-refractivity contribution in [2.45, 2.75) is 127 Å². The summed E-state index contributed by atoms with van der Waals surface area (Å²) in [6.45, 7) is 13.9. The first-order valence-electron chi connectivity index (χ1n) is 13.0. The number of hydrogen-bond donors (Lipinski definition) is 0. The molecule has 1 aliphatic carbocycles. The molecule has 5 aliphatic rings. The van der Waals surface area contributed by atoms with Crippen molar-refractivity contribution in [3.05, 3.63) is 0 Å². The van der Waals surface area contributed by atoms with Gasteiger partial charge in [-0.15, -0.1) is 0 Å². The first-order chi connectivity index (χ1) is 14.4. The Hall–Kier alpha value is 0.620. The Morgan fingerprint density at radius 2 is 1.13 bits per heavy atom. The number of fused-ring (bicyclic) bond motifs is 3. The van der Waals surface area contributed by atoms with E-state index in [0.717, 1.165) is 23.7 Å². The van der Waals surface area contributed by atoms with Gasteiger partial charge in [-0.05, 0) is 50.0 Å². The van der Waals surface area contributed by atoms with Gasteiger partial charge in [-0.25, -0.2) is 0 Å². The molecule has 8 unspecified atom stereocenters. The Morgan fingerprint density at radius 3 is 1.67 bits per heavy atom. The molecule has 0 N–H and O–H groups in total. The van der Waals surface area contributed by atoms with Crippen LogP contribution in [-0.4, -0.2) is 45.4 Å². The summed E-state index contributed by atoms with van der Waals surface area (Å²) in [6, 6.07) is 0. The maximum atomic E-state index is 6.30. The van der Waals surface area contributed by atoms with Crippen molar-refractivity contribution in [1.29, 1.82) is 0 Å². The third-order valence-electron chi connectivity index (χ3n) is 9.06. The summed E-state index contributed by atoms with van der Waals surface area (Å²) in [5.74, 6) is 6.06. The molecule has 4 heterocycles. The van der Waals surface area contributed by atoms with Crippen molar-refractivity contribution in [3.8, 4) is 0 Å². The summed E-state index contributed by atoms with van der Waals surface area (Å²) in [5.41, 5.74) is 0. The van der Waals surface area contributed by atoms with Crippen LogP contribution in [0.1, 0.15) is 92.9 Å². The zero-order valence-corrected chi connectivity index (χ0v) is 22.0. The van der Waals surface area contributed by atoms with Crippen molar-refractivity contribution in [2.24, 2.45) is 23.7 Å². The van der Waals surface area contributed by atoms with Crippen LogP contribution < -0.4 is 0 Å². The van der Waals surface area contributed by atoms with Crippen molar-refractivity contribution in [3.63, 3.8) is 0 Å². The van der Waals surface area contributed by atoms with E-state index in [1.54, 1.807) is 0 Å². The molecule has 0 aromatic carbocycles. The fourth-order valence-corrected chi connectivity index (χ4v) is 11.3. The molecule has 4 saturated heterocycles. The molecule has 2 nitrogen and oxygen atoms in total. The van der Waals surface area contributed by atoms with Crippen molar-refractivity contribution in [1.82, 2.24) is 0 Å². The molecule has 4 heteroatoms. The molecule has 174 valence electrons. The molecule has 0 aromatic heterocycles. The van der Waals surface area contributed by atoms with Gasteiger partial charge in [-0.3, -0.25) is 0 Å². The summed E-state index contributed by atoms with van der Waals surface area (Å²) >= 11 is 4.45. The molecule has 5 fully saturated rings. The molecule has 30 heavy (non-hydrogen) atoms. The maximum Gasteiger partial charge on any atom is 0.0621 e. The highest BCUT2D eigenvalue weighted by Gasteiger charge is 2.59. The normalized spacial score (nSPS) is 45.4. The van der Waals surface area contributed by atoms with E-state index in [4.69, 9.17) is 9.47 Å². The number of hydrogen-bond acceptors (Lipinski definition) is 4. The highest BCUT2D eigenvalue weighted by Crippen LogP contribution is 2.61. The summed E-state index contributed by atoms with van der Waals surface area (Å²) in [5, 5.41) is 0. The molecule has 8 atom stereocenters. The first kappa shape index (κ1) is 23.8. The smallest absolute Gasteiger partial charge is 0.0621 e. The molecular weight excluding hydrogens is 408 g/mol. The Balaban J connectivity index is 0.000000147. The summed E-state index contributed by atoms with van der Waals surface area (Å²) in [7, 11) is 0. The molecule has 1 spiro atoms. The van der Waals surface area contributed by atoms with E-state index in [9.17, 15) is 0 Å². The van der Waals surface area contributed by atoms with Crippen LogP contribution in [-0.2, 0) is 9.47 Å². The largest absolute Gasteiger partial charge is 0.374 e. The third-order valence-corrected chi connectivity index (χ3v) is 12.4. The molecule has 0 aromatic rings. The van der Waals surface area contributed by atoms with Crippen LogP contribution in [0.4, 0.5) is 0 Å². The third kappa shape index (κ3) is 4.03. The van der Waals surface area contributed by atoms with Crippen LogP contribution in [0.3, 0.4) is 0 Å². The van der Waals surface area contributed by atoms with Crippen LogP contribution >= 0.6 is 23.5 Å². The summed E-state index contributed by atoms with van der Waals surface area (Å²) in [6.07, 6.45) is 12.9. The van der Waals surface area contributed by atoms with Crippen LogP contribution in [0.5, 0.6) is 0 Å². The van der Waals surface area contributed by atoms with Gasteiger partial charge in [0, 0.05) is 33.2 Å². The molecule has 1 saturated carbocycles. The molecular formula is C26H46O2S2. The topological polar surface area (TPSA) is 18.5 Å². The average Bonchev–Trinajstić information content (AvgIpc) is 3.53. The van der Waals surface area contributed by atoms with E-state index in [1.165, 1.54) is 62.9 Å². The van der Waals surface area contributed by atoms with Gasteiger partial charge < -0.3 is 9.47 Å².